The molecule has 5 heteroatoms. The summed E-state index contributed by atoms with van der Waals surface area (Å²) in [4.78, 5) is 13.3. The van der Waals surface area contributed by atoms with Gasteiger partial charge < -0.3 is 0 Å². The molecule has 0 rings (SSSR count). The van der Waals surface area contributed by atoms with Crippen molar-refractivity contribution >= 4 is 5.78 Å². The van der Waals surface area contributed by atoms with E-state index in [0.29, 0.717) is 6.42 Å². The van der Waals surface area contributed by atoms with Gasteiger partial charge in [0.25, 0.3) is 0 Å². The van der Waals surface area contributed by atoms with Crippen molar-refractivity contribution in [3.8, 4) is 0 Å². The van der Waals surface area contributed by atoms with E-state index >= 15 is 0 Å². The average Bonchev–Trinajstić information content (AvgIpc) is 2.11. The highest BCUT2D eigenvalue weighted by Crippen LogP contribution is 2.26. The molecule has 15 heavy (non-hydrogen) atoms. The standard InChI is InChI=1S/C10H18F3NO/c1-5-9(2,14(3)4)8(15)6-7-10(11,12)13/h5-7H2,1-4H3. The summed E-state index contributed by atoms with van der Waals surface area (Å²) in [6.45, 7) is 3.47. The van der Waals surface area contributed by atoms with Gasteiger partial charge in [-0.3, -0.25) is 9.69 Å². The number of hydrogen-bond acceptors (Lipinski definition) is 2. The third-order valence-electron chi connectivity index (χ3n) is 2.91. The quantitative estimate of drug-likeness (QED) is 0.716. The lowest BCUT2D eigenvalue weighted by Gasteiger charge is -2.34. The minimum atomic E-state index is -4.25. The van der Waals surface area contributed by atoms with Crippen LogP contribution in [0, 0.1) is 0 Å². The topological polar surface area (TPSA) is 20.3 Å². The largest absolute Gasteiger partial charge is 0.389 e. The number of carbonyl (C=O) groups is 1. The van der Waals surface area contributed by atoms with Gasteiger partial charge in [0.15, 0.2) is 5.78 Å². The molecule has 0 aliphatic rings. The zero-order valence-corrected chi connectivity index (χ0v) is 9.61. The van der Waals surface area contributed by atoms with Crippen molar-refractivity contribution in [2.75, 3.05) is 14.1 Å². The van der Waals surface area contributed by atoms with Crippen LogP contribution in [-0.2, 0) is 4.79 Å². The van der Waals surface area contributed by atoms with Crippen molar-refractivity contribution in [2.45, 2.75) is 44.8 Å². The number of likely N-dealkylation sites (N-methyl/N-ethyl adjacent to an activating group) is 1. The average molecular weight is 225 g/mol. The van der Waals surface area contributed by atoms with Crippen LogP contribution in [0.4, 0.5) is 13.2 Å². The summed E-state index contributed by atoms with van der Waals surface area (Å²) in [7, 11) is 3.41. The fraction of sp³-hybridized carbons (Fsp3) is 0.900. The molecule has 1 unspecified atom stereocenters. The lowest BCUT2D eigenvalue weighted by atomic mass is 9.89. The second kappa shape index (κ2) is 4.96. The Morgan fingerprint density at radius 3 is 2.00 bits per heavy atom. The summed E-state index contributed by atoms with van der Waals surface area (Å²) in [5, 5.41) is 0. The van der Waals surface area contributed by atoms with E-state index < -0.39 is 24.6 Å². The molecular formula is C10H18F3NO. The Morgan fingerprint density at radius 2 is 1.73 bits per heavy atom. The number of nitrogens with zero attached hydrogens (tertiary/aromatic N) is 1. The first-order valence-electron chi connectivity index (χ1n) is 4.91. The summed E-state index contributed by atoms with van der Waals surface area (Å²) in [6.07, 6.45) is -5.21. The van der Waals surface area contributed by atoms with Crippen LogP contribution >= 0.6 is 0 Å². The van der Waals surface area contributed by atoms with Crippen LogP contribution in [0.25, 0.3) is 0 Å². The summed E-state index contributed by atoms with van der Waals surface area (Å²) >= 11 is 0. The van der Waals surface area contributed by atoms with Crippen LogP contribution in [0.15, 0.2) is 0 Å². The summed E-state index contributed by atoms with van der Waals surface area (Å²) < 4.78 is 35.8. The Balaban J connectivity index is 4.43. The van der Waals surface area contributed by atoms with E-state index in [0.717, 1.165) is 0 Å². The highest BCUT2D eigenvalue weighted by molar-refractivity contribution is 5.87. The number of ketones is 1. The number of halogens is 3. The molecule has 0 saturated heterocycles. The third kappa shape index (κ3) is 4.20. The first-order valence-corrected chi connectivity index (χ1v) is 4.91. The molecule has 0 bridgehead atoms. The molecule has 0 fully saturated rings. The number of hydrogen-bond donors (Lipinski definition) is 0. The highest BCUT2D eigenvalue weighted by atomic mass is 19.4. The first-order chi connectivity index (χ1) is 6.63. The van der Waals surface area contributed by atoms with Gasteiger partial charge in [0.05, 0.1) is 12.0 Å². The second-order valence-electron chi connectivity index (χ2n) is 4.06. The van der Waals surface area contributed by atoms with Crippen molar-refractivity contribution in [3.63, 3.8) is 0 Å². The Hall–Kier alpha value is -0.580. The molecule has 0 aromatic rings. The molecule has 0 aliphatic heterocycles. The molecule has 0 spiro atoms. The van der Waals surface area contributed by atoms with Crippen molar-refractivity contribution in [2.24, 2.45) is 0 Å². The minimum absolute atomic E-state index is 0.354. The van der Waals surface area contributed by atoms with Crippen molar-refractivity contribution in [1.29, 1.82) is 0 Å². The van der Waals surface area contributed by atoms with Crippen LogP contribution in [0.2, 0.25) is 0 Å². The van der Waals surface area contributed by atoms with Crippen LogP contribution in [0.3, 0.4) is 0 Å². The minimum Gasteiger partial charge on any atom is -0.298 e. The fourth-order valence-corrected chi connectivity index (χ4v) is 1.29. The van der Waals surface area contributed by atoms with Gasteiger partial charge in [-0.05, 0) is 27.4 Å². The van der Waals surface area contributed by atoms with Gasteiger partial charge in [0.2, 0.25) is 0 Å². The number of Topliss-reactive ketones (excluding diaryl/α,β-unsaturated/α-hetero) is 1. The summed E-state index contributed by atoms with van der Waals surface area (Å²) in [5.41, 5.74) is -0.786. The summed E-state index contributed by atoms with van der Waals surface area (Å²) in [5.74, 6) is -0.354. The molecule has 0 N–H and O–H groups in total. The maximum atomic E-state index is 11.9. The Bertz CT molecular complexity index is 225. The van der Waals surface area contributed by atoms with E-state index in [2.05, 4.69) is 0 Å². The molecule has 0 aromatic heterocycles. The predicted octanol–water partition coefficient (Wildman–Crippen LogP) is 2.63. The van der Waals surface area contributed by atoms with Crippen molar-refractivity contribution in [3.05, 3.63) is 0 Å². The fourth-order valence-electron chi connectivity index (χ4n) is 1.29. The van der Waals surface area contributed by atoms with Gasteiger partial charge in [-0.1, -0.05) is 6.92 Å². The van der Waals surface area contributed by atoms with E-state index in [4.69, 9.17) is 0 Å². The monoisotopic (exact) mass is 225 g/mol. The Labute approximate surface area is 88.4 Å². The van der Waals surface area contributed by atoms with Gasteiger partial charge in [-0.15, -0.1) is 0 Å². The van der Waals surface area contributed by atoms with E-state index in [-0.39, 0.29) is 5.78 Å². The van der Waals surface area contributed by atoms with Gasteiger partial charge in [0, 0.05) is 6.42 Å². The third-order valence-corrected chi connectivity index (χ3v) is 2.91. The SMILES string of the molecule is CCC(C)(C(=O)CCC(F)(F)F)N(C)C. The Morgan fingerprint density at radius 1 is 1.27 bits per heavy atom. The molecular weight excluding hydrogens is 207 g/mol. The maximum absolute atomic E-state index is 11.9. The predicted molar refractivity (Wildman–Crippen MR) is 52.7 cm³/mol. The highest BCUT2D eigenvalue weighted by Gasteiger charge is 2.36. The summed E-state index contributed by atoms with van der Waals surface area (Å²) in [6, 6.07) is 0. The smallest absolute Gasteiger partial charge is 0.298 e. The van der Waals surface area contributed by atoms with Crippen molar-refractivity contribution in [1.82, 2.24) is 4.90 Å². The molecule has 0 aromatic carbocycles. The van der Waals surface area contributed by atoms with Crippen LogP contribution in [0.5, 0.6) is 0 Å². The van der Waals surface area contributed by atoms with Crippen LogP contribution in [-0.4, -0.2) is 36.5 Å². The van der Waals surface area contributed by atoms with Gasteiger partial charge in [0.1, 0.15) is 0 Å². The van der Waals surface area contributed by atoms with E-state index in [9.17, 15) is 18.0 Å². The van der Waals surface area contributed by atoms with Gasteiger partial charge in [-0.2, -0.15) is 13.2 Å². The molecule has 1 atom stereocenters. The van der Waals surface area contributed by atoms with Crippen LogP contribution < -0.4 is 0 Å². The zero-order valence-electron chi connectivity index (χ0n) is 9.61. The first kappa shape index (κ1) is 14.4. The van der Waals surface area contributed by atoms with Crippen molar-refractivity contribution < 1.29 is 18.0 Å². The van der Waals surface area contributed by atoms with E-state index in [1.165, 1.54) is 0 Å². The molecule has 0 radical (unpaired) electrons. The second-order valence-corrected chi connectivity index (χ2v) is 4.06. The molecule has 0 amide bonds. The Kier molecular flexibility index (Phi) is 4.77. The molecule has 90 valence electrons. The zero-order chi connectivity index (χ0) is 12.3. The molecule has 0 heterocycles. The number of alkyl halides is 3. The molecule has 2 nitrogen and oxygen atoms in total. The van der Waals surface area contributed by atoms with E-state index in [1.54, 1.807) is 32.8 Å². The molecule has 0 aliphatic carbocycles. The lowest BCUT2D eigenvalue weighted by molar-refractivity contribution is -0.147. The normalized spacial score (nSPS) is 16.5. The van der Waals surface area contributed by atoms with Gasteiger partial charge in [-0.25, -0.2) is 0 Å². The molecule has 0 saturated carbocycles. The number of rotatable bonds is 5. The van der Waals surface area contributed by atoms with Gasteiger partial charge >= 0.3 is 6.18 Å². The number of carbonyl (C=O) groups excluding carboxylic acids is 1. The lowest BCUT2D eigenvalue weighted by Crippen LogP contribution is -2.48. The van der Waals surface area contributed by atoms with Crippen LogP contribution in [0.1, 0.15) is 33.1 Å². The maximum Gasteiger partial charge on any atom is 0.389 e. The van der Waals surface area contributed by atoms with E-state index in [1.807, 2.05) is 0 Å².